The molecule has 0 N–H and O–H groups in total. The van der Waals surface area contributed by atoms with Crippen molar-refractivity contribution in [3.05, 3.63) is 17.7 Å². The van der Waals surface area contributed by atoms with E-state index in [2.05, 4.69) is 0 Å². The van der Waals surface area contributed by atoms with Gasteiger partial charge in [-0.05, 0) is 12.1 Å². The molecule has 84 valence electrons. The molecule has 0 aromatic heterocycles. The highest BCUT2D eigenvalue weighted by molar-refractivity contribution is 6.08. The summed E-state index contributed by atoms with van der Waals surface area (Å²) in [4.78, 5) is 11.2. The lowest BCUT2D eigenvalue weighted by molar-refractivity contribution is 0.105. The van der Waals surface area contributed by atoms with Crippen molar-refractivity contribution in [2.24, 2.45) is 0 Å². The Morgan fingerprint density at radius 1 is 1.12 bits per heavy atom. The van der Waals surface area contributed by atoms with Gasteiger partial charge in [-0.1, -0.05) is 0 Å². The highest BCUT2D eigenvalue weighted by Gasteiger charge is 2.16. The van der Waals surface area contributed by atoms with E-state index in [1.165, 1.54) is 39.5 Å². The maximum atomic E-state index is 11.2. The topological polar surface area (TPSA) is 68.6 Å². The molecule has 0 aliphatic heterocycles. The van der Waals surface area contributed by atoms with Crippen molar-refractivity contribution in [1.29, 1.82) is 5.26 Å². The highest BCUT2D eigenvalue weighted by Crippen LogP contribution is 2.38. The lowest BCUT2D eigenvalue weighted by atomic mass is 10.1. The number of hydrogen-bond acceptors (Lipinski definition) is 5. The molecule has 0 radical (unpaired) electrons. The number of methoxy groups -OCH3 is 3. The molecule has 0 saturated heterocycles. The fourth-order valence-corrected chi connectivity index (χ4v) is 1.28. The summed E-state index contributed by atoms with van der Waals surface area (Å²) < 4.78 is 15.2. The van der Waals surface area contributed by atoms with Gasteiger partial charge in [0.25, 0.3) is 5.78 Å². The van der Waals surface area contributed by atoms with Crippen LogP contribution < -0.4 is 14.2 Å². The second kappa shape index (κ2) is 5.03. The number of carbonyl (C=O) groups excluding carboxylic acids is 1. The van der Waals surface area contributed by atoms with E-state index < -0.39 is 5.78 Å². The second-order valence-corrected chi connectivity index (χ2v) is 2.85. The number of ketones is 1. The van der Waals surface area contributed by atoms with Crippen LogP contribution in [0.3, 0.4) is 0 Å². The molecule has 0 aliphatic rings. The molecule has 5 heteroatoms. The van der Waals surface area contributed by atoms with Crippen LogP contribution in [0.2, 0.25) is 0 Å². The number of nitrogens with zero attached hydrogens (tertiary/aromatic N) is 1. The van der Waals surface area contributed by atoms with Crippen molar-refractivity contribution in [3.63, 3.8) is 0 Å². The zero-order valence-electron chi connectivity index (χ0n) is 9.23. The first-order valence-electron chi connectivity index (χ1n) is 4.42. The Labute approximate surface area is 93.2 Å². The third kappa shape index (κ3) is 2.06. The third-order valence-electron chi connectivity index (χ3n) is 2.03. The molecule has 5 nitrogen and oxygen atoms in total. The Hall–Kier alpha value is -2.22. The van der Waals surface area contributed by atoms with Gasteiger partial charge in [0.1, 0.15) is 6.07 Å². The summed E-state index contributed by atoms with van der Waals surface area (Å²) in [5.74, 6) is 0.430. The average molecular weight is 221 g/mol. The lowest BCUT2D eigenvalue weighted by Crippen LogP contribution is -2.00. The fourth-order valence-electron chi connectivity index (χ4n) is 1.28. The van der Waals surface area contributed by atoms with Gasteiger partial charge in [-0.2, -0.15) is 5.26 Å². The second-order valence-electron chi connectivity index (χ2n) is 2.85. The number of ether oxygens (including phenoxy) is 3. The molecule has 1 rings (SSSR count). The predicted molar refractivity (Wildman–Crippen MR) is 56.0 cm³/mol. The Morgan fingerprint density at radius 2 is 1.62 bits per heavy atom. The first-order valence-corrected chi connectivity index (χ1v) is 4.42. The molecule has 0 unspecified atom stereocenters. The zero-order valence-corrected chi connectivity index (χ0v) is 9.23. The smallest absolute Gasteiger partial charge is 0.262 e. The Morgan fingerprint density at radius 3 is 1.94 bits per heavy atom. The molecule has 0 aliphatic carbocycles. The number of carbonyl (C=O) groups is 1. The van der Waals surface area contributed by atoms with Crippen molar-refractivity contribution in [3.8, 4) is 23.3 Å². The van der Waals surface area contributed by atoms with Crippen LogP contribution in [0.4, 0.5) is 0 Å². The lowest BCUT2D eigenvalue weighted by Gasteiger charge is -2.12. The van der Waals surface area contributed by atoms with E-state index >= 15 is 0 Å². The van der Waals surface area contributed by atoms with Crippen molar-refractivity contribution in [2.45, 2.75) is 0 Å². The first kappa shape index (κ1) is 11.9. The molecule has 0 saturated carbocycles. The molecule has 1 aromatic rings. The monoisotopic (exact) mass is 221 g/mol. The largest absolute Gasteiger partial charge is 0.493 e. The summed E-state index contributed by atoms with van der Waals surface area (Å²) in [7, 11) is 4.35. The molecule has 0 fully saturated rings. The van der Waals surface area contributed by atoms with Crippen LogP contribution in [-0.2, 0) is 0 Å². The minimum Gasteiger partial charge on any atom is -0.493 e. The van der Waals surface area contributed by atoms with E-state index in [0.29, 0.717) is 17.2 Å². The molecule has 0 atom stereocenters. The van der Waals surface area contributed by atoms with E-state index in [-0.39, 0.29) is 5.56 Å². The number of rotatable bonds is 4. The van der Waals surface area contributed by atoms with Crippen LogP contribution in [0.15, 0.2) is 12.1 Å². The van der Waals surface area contributed by atoms with Crippen LogP contribution in [-0.4, -0.2) is 27.1 Å². The van der Waals surface area contributed by atoms with E-state index in [4.69, 9.17) is 19.5 Å². The summed E-state index contributed by atoms with van der Waals surface area (Å²) >= 11 is 0. The molecule has 0 spiro atoms. The molecular weight excluding hydrogens is 210 g/mol. The van der Waals surface area contributed by atoms with Gasteiger partial charge in [0.05, 0.1) is 21.3 Å². The summed E-state index contributed by atoms with van der Waals surface area (Å²) in [6, 6.07) is 4.41. The van der Waals surface area contributed by atoms with Gasteiger partial charge in [0, 0.05) is 5.56 Å². The summed E-state index contributed by atoms with van der Waals surface area (Å²) in [6.45, 7) is 0. The Bertz CT molecular complexity index is 423. The SMILES string of the molecule is COc1cc(C(=O)C#N)cc(OC)c1OC. The van der Waals surface area contributed by atoms with Crippen LogP contribution in [0, 0.1) is 11.3 Å². The van der Waals surface area contributed by atoms with Gasteiger partial charge in [-0.3, -0.25) is 4.79 Å². The highest BCUT2D eigenvalue weighted by atomic mass is 16.5. The Balaban J connectivity index is 3.38. The maximum absolute atomic E-state index is 11.2. The normalized spacial score (nSPS) is 9.12. The minimum absolute atomic E-state index is 0.206. The van der Waals surface area contributed by atoms with Gasteiger partial charge < -0.3 is 14.2 Å². The van der Waals surface area contributed by atoms with Gasteiger partial charge >= 0.3 is 0 Å². The molecule has 1 aromatic carbocycles. The maximum Gasteiger partial charge on any atom is 0.262 e. The zero-order chi connectivity index (χ0) is 12.1. The fraction of sp³-hybridized carbons (Fsp3) is 0.273. The van der Waals surface area contributed by atoms with E-state index in [1.807, 2.05) is 0 Å². The number of nitriles is 1. The first-order chi connectivity index (χ1) is 7.67. The van der Waals surface area contributed by atoms with Gasteiger partial charge in [-0.25, -0.2) is 0 Å². The summed E-state index contributed by atoms with van der Waals surface area (Å²) in [5, 5.41) is 8.53. The van der Waals surface area contributed by atoms with E-state index in [1.54, 1.807) is 0 Å². The summed E-state index contributed by atoms with van der Waals surface area (Å²) in [6.07, 6.45) is 0. The van der Waals surface area contributed by atoms with Gasteiger partial charge in [0.2, 0.25) is 5.75 Å². The molecule has 0 bridgehead atoms. The quantitative estimate of drug-likeness (QED) is 0.568. The number of benzene rings is 1. The van der Waals surface area contributed by atoms with Crippen LogP contribution in [0.1, 0.15) is 10.4 Å². The standard InChI is InChI=1S/C11H11NO4/c1-14-9-4-7(8(13)6-12)5-10(15-2)11(9)16-3/h4-5H,1-3H3. The average Bonchev–Trinajstić information content (AvgIpc) is 2.35. The van der Waals surface area contributed by atoms with Crippen LogP contribution in [0.5, 0.6) is 17.2 Å². The predicted octanol–water partition coefficient (Wildman–Crippen LogP) is 1.42. The van der Waals surface area contributed by atoms with Gasteiger partial charge in [0.15, 0.2) is 11.5 Å². The van der Waals surface area contributed by atoms with Crippen molar-refractivity contribution >= 4 is 5.78 Å². The number of hydrogen-bond donors (Lipinski definition) is 0. The Kier molecular flexibility index (Phi) is 3.72. The van der Waals surface area contributed by atoms with Crippen molar-refractivity contribution in [2.75, 3.05) is 21.3 Å². The number of Topliss-reactive ketones (excluding diaryl/α,β-unsaturated/α-hetero) is 1. The molecule has 16 heavy (non-hydrogen) atoms. The van der Waals surface area contributed by atoms with Gasteiger partial charge in [-0.15, -0.1) is 0 Å². The third-order valence-corrected chi connectivity index (χ3v) is 2.03. The van der Waals surface area contributed by atoms with Crippen LogP contribution in [0.25, 0.3) is 0 Å². The molecule has 0 amide bonds. The van der Waals surface area contributed by atoms with Crippen molar-refractivity contribution < 1.29 is 19.0 Å². The van der Waals surface area contributed by atoms with E-state index in [0.717, 1.165) is 0 Å². The van der Waals surface area contributed by atoms with E-state index in [9.17, 15) is 4.79 Å². The molecule has 0 heterocycles. The summed E-state index contributed by atoms with van der Waals surface area (Å²) in [5.41, 5.74) is 0.206. The van der Waals surface area contributed by atoms with Crippen LogP contribution >= 0.6 is 0 Å². The van der Waals surface area contributed by atoms with Crippen molar-refractivity contribution in [1.82, 2.24) is 0 Å². The minimum atomic E-state index is -0.653. The molecular formula is C11H11NO4.